The van der Waals surface area contributed by atoms with Crippen LogP contribution in [-0.2, 0) is 90.4 Å². The summed E-state index contributed by atoms with van der Waals surface area (Å²) in [5.74, 6) is 0. The summed E-state index contributed by atoms with van der Waals surface area (Å²) in [7, 11) is 43.4. The van der Waals surface area contributed by atoms with E-state index in [4.69, 9.17) is 0 Å². The maximum atomic E-state index is 2.36. The van der Waals surface area contributed by atoms with E-state index < -0.39 is 0 Å². The quantitative estimate of drug-likeness (QED) is 0.0736. The summed E-state index contributed by atoms with van der Waals surface area (Å²) in [5.41, 5.74) is 55.1. The molecule has 10 aromatic carbocycles. The maximum absolute atomic E-state index is 2.36. The molecular weight excluding hydrogens is 1750 g/mol. The fourth-order valence-corrected chi connectivity index (χ4v) is 23.4. The second-order valence-electron chi connectivity index (χ2n) is 40.9. The third kappa shape index (κ3) is 26.6. The van der Waals surface area contributed by atoms with Gasteiger partial charge in [0.05, 0.1) is 0 Å². The summed E-state index contributed by atoms with van der Waals surface area (Å²) in [6.45, 7) is 60.3. The largest absolute Gasteiger partial charge is 0.305 e. The highest BCUT2D eigenvalue weighted by molar-refractivity contribution is 6.09. The molecule has 782 valence electrons. The van der Waals surface area contributed by atoms with E-state index in [0.29, 0.717) is 0 Å². The molecule has 10 aromatic rings. The van der Waals surface area contributed by atoms with Gasteiger partial charge >= 0.3 is 0 Å². The molecule has 0 atom stereocenters. The van der Waals surface area contributed by atoms with E-state index >= 15 is 0 Å². The Labute approximate surface area is 879 Å². The summed E-state index contributed by atoms with van der Waals surface area (Å²) in [6, 6.07) is 36.6. The predicted octanol–water partition coefficient (Wildman–Crippen LogP) is 31.3. The monoisotopic (exact) mass is 1950 g/mol. The second kappa shape index (κ2) is 57.2. The lowest BCUT2D eigenvalue weighted by atomic mass is 9.86. The molecule has 144 heavy (non-hydrogen) atoms. The van der Waals surface area contributed by atoms with Gasteiger partial charge in [0.25, 0.3) is 0 Å². The van der Waals surface area contributed by atoms with Crippen molar-refractivity contribution in [3.8, 4) is 0 Å². The van der Waals surface area contributed by atoms with Crippen LogP contribution in [0.25, 0.3) is 112 Å². The van der Waals surface area contributed by atoms with Crippen molar-refractivity contribution >= 4 is 112 Å². The van der Waals surface area contributed by atoms with Crippen LogP contribution < -0.4 is 0 Å². The van der Waals surface area contributed by atoms with Crippen molar-refractivity contribution in [2.75, 3.05) is 180 Å². The number of hydrogen-bond donors (Lipinski definition) is 0. The highest BCUT2D eigenvalue weighted by atomic mass is 15.1. The van der Waals surface area contributed by atoms with Crippen molar-refractivity contribution in [2.24, 2.45) is 0 Å². The molecular formula is C134H196N10. The molecule has 20 rings (SSSR count). The van der Waals surface area contributed by atoms with Gasteiger partial charge in [0.15, 0.2) is 0 Å². The Balaban J connectivity index is 0.000000235. The zero-order chi connectivity index (χ0) is 107. The molecule has 0 spiro atoms. The van der Waals surface area contributed by atoms with Gasteiger partial charge in [0.1, 0.15) is 0 Å². The van der Waals surface area contributed by atoms with E-state index in [1.165, 1.54) is 143 Å². The molecule has 0 radical (unpaired) electrons. The second-order valence-corrected chi connectivity index (χ2v) is 40.9. The molecule has 0 saturated heterocycles. The van der Waals surface area contributed by atoms with Crippen molar-refractivity contribution in [1.82, 2.24) is 49.0 Å². The van der Waals surface area contributed by atoms with Crippen LogP contribution in [0.3, 0.4) is 0 Å². The highest BCUT2D eigenvalue weighted by Gasteiger charge is 2.37. The van der Waals surface area contributed by atoms with Crippen molar-refractivity contribution in [2.45, 2.75) is 257 Å². The van der Waals surface area contributed by atoms with Gasteiger partial charge in [0, 0.05) is 65.4 Å². The van der Waals surface area contributed by atoms with E-state index in [0.717, 1.165) is 130 Å². The minimum absolute atomic E-state index is 0.991. The average Bonchev–Trinajstić information content (AvgIpc) is 1.57. The summed E-state index contributed by atoms with van der Waals surface area (Å²) < 4.78 is 0. The topological polar surface area (TPSA) is 32.4 Å². The summed E-state index contributed by atoms with van der Waals surface area (Å²) in [6.07, 6.45) is 29.6. The van der Waals surface area contributed by atoms with Crippen LogP contribution >= 0.6 is 0 Å². The van der Waals surface area contributed by atoms with Gasteiger partial charge in [-0.25, -0.2) is 0 Å². The lowest BCUT2D eigenvalue weighted by molar-refractivity contribution is 0.401. The van der Waals surface area contributed by atoms with Gasteiger partial charge in [-0.2, -0.15) is 0 Å². The van der Waals surface area contributed by atoms with Gasteiger partial charge in [-0.15, -0.1) is 0 Å². The van der Waals surface area contributed by atoms with Crippen molar-refractivity contribution in [1.29, 1.82) is 0 Å². The van der Waals surface area contributed by atoms with Crippen LogP contribution in [0.15, 0.2) is 155 Å². The fourth-order valence-electron chi connectivity index (χ4n) is 23.4. The van der Waals surface area contributed by atoms with E-state index in [9.17, 15) is 0 Å². The molecule has 0 unspecified atom stereocenters. The van der Waals surface area contributed by atoms with Gasteiger partial charge in [-0.1, -0.05) is 281 Å². The molecule has 0 amide bonds. The van der Waals surface area contributed by atoms with E-state index in [1.54, 1.807) is 111 Å². The SMILES string of the molecule is CC.CC.CC.CC.CC.CC.CC.CC.CC.CC1=C(CN(C)C)Cc2c1c1c(c3ccccc23)C(C)=C(CN(C)C)C1.CC1=C(CN(C)C)Cc2c1c1c(c3ccccc23)CC(CN(C)C)=C1C.CC1=C(CN(C)C)c2c3c(c4ccccc4c2C1)CC(C)=C3CN(C)C.CN(C)Cc1ccc(CN(C)C)c2c3c(c4c(c12)C=CC4)C=CC3.CN(C)Cc1ccc(CN(C)C)c2c3c(c4c(c12)CC=C4)C=CC3. The summed E-state index contributed by atoms with van der Waals surface area (Å²) in [4.78, 5) is 22.9. The Hall–Kier alpha value is -9.50. The zero-order valence-electron chi connectivity index (χ0n) is 99.5. The number of allylic oxidation sites excluding steroid dienone is 10. The standard InChI is InChI=1S/3C24H30N2.2C22H26N2.9C2H6/c1-15-18(14-26(5)6)12-22-23(15)20-10-8-7-9-19(20)21-11-17(13-25(3)4)16(2)24(21)22;1-15-17(13-25(3)4)11-21-19-9-7-8-10-20(19)22-12-18(14-26(5)6)16(2)24(22)23(15)21;1-15-11-19-17-9-7-8-10-18(17)20-12-16(2)22(14-26(5)6)24(20)23(19)21(15)13-25(3)4;2*1-23(2)13-15-11-12-16(14-24(3)4)22-20-10-6-8-18(20)17-7-5-9-19(17)21(15)22;9*1-2/h3*7-10H,11-14H2,1-6H3;5-7,10-12H,8-9,13-14H2,1-4H3;5-8,11-12H,9-10,13-14H2,1-4H3;9*1-2H3. The lowest BCUT2D eigenvalue weighted by Gasteiger charge is -2.22. The maximum Gasteiger partial charge on any atom is 0.0234 e. The van der Waals surface area contributed by atoms with Gasteiger partial charge in [-0.05, 0) is 490 Å². The molecule has 10 aliphatic rings. The number of rotatable bonds is 20. The first-order valence-electron chi connectivity index (χ1n) is 55.5. The number of hydrogen-bond acceptors (Lipinski definition) is 10. The average molecular weight is 1950 g/mol. The minimum Gasteiger partial charge on any atom is -0.305 e. The molecule has 0 bridgehead atoms. The van der Waals surface area contributed by atoms with Crippen molar-refractivity contribution < 1.29 is 0 Å². The van der Waals surface area contributed by atoms with Crippen LogP contribution in [-0.4, -0.2) is 229 Å². The number of fused-ring (bicyclic) bond motifs is 30. The third-order valence-corrected chi connectivity index (χ3v) is 28.2. The Morgan fingerprint density at radius 1 is 0.188 bits per heavy atom. The normalized spacial score (nSPS) is 14.3. The van der Waals surface area contributed by atoms with E-state index in [-0.39, 0.29) is 0 Å². The van der Waals surface area contributed by atoms with Crippen molar-refractivity contribution in [3.05, 3.63) is 288 Å². The fraction of sp³-hybridized carbons (Fsp3) is 0.478. The first-order chi connectivity index (χ1) is 69.3. The molecule has 10 nitrogen and oxygen atoms in total. The first kappa shape index (κ1) is 121. The number of likely N-dealkylation sites (N-methyl/N-ethyl adjacent to an activating group) is 6. The van der Waals surface area contributed by atoms with Crippen LogP contribution in [0.2, 0.25) is 0 Å². The number of benzene rings is 10. The van der Waals surface area contributed by atoms with Crippen LogP contribution in [0.1, 0.15) is 300 Å². The summed E-state index contributed by atoms with van der Waals surface area (Å²) >= 11 is 0. The summed E-state index contributed by atoms with van der Waals surface area (Å²) in [5, 5.41) is 14.8. The Morgan fingerprint density at radius 2 is 0.410 bits per heavy atom. The van der Waals surface area contributed by atoms with E-state index in [1.807, 2.05) is 125 Å². The molecule has 0 aromatic heterocycles. The van der Waals surface area contributed by atoms with E-state index in [2.05, 4.69) is 377 Å². The lowest BCUT2D eigenvalue weighted by Crippen LogP contribution is -2.17. The van der Waals surface area contributed by atoms with Crippen LogP contribution in [0.5, 0.6) is 0 Å². The van der Waals surface area contributed by atoms with Crippen molar-refractivity contribution in [3.63, 3.8) is 0 Å². The Kier molecular flexibility index (Phi) is 48.2. The molecule has 10 aliphatic carbocycles. The Bertz CT molecular complexity index is 6180. The highest BCUT2D eigenvalue weighted by Crippen LogP contribution is 2.54. The van der Waals surface area contributed by atoms with Gasteiger partial charge < -0.3 is 49.0 Å². The molecule has 0 fully saturated rings. The molecule has 0 saturated carbocycles. The van der Waals surface area contributed by atoms with Crippen LogP contribution in [0, 0.1) is 0 Å². The van der Waals surface area contributed by atoms with Gasteiger partial charge in [-0.3, -0.25) is 0 Å². The first-order valence-corrected chi connectivity index (χ1v) is 55.5. The number of nitrogens with zero attached hydrogens (tertiary/aromatic N) is 10. The molecule has 0 aliphatic heterocycles. The smallest absolute Gasteiger partial charge is 0.0234 e. The third-order valence-electron chi connectivity index (χ3n) is 28.2. The minimum atomic E-state index is 0.991. The Morgan fingerprint density at radius 3 is 0.715 bits per heavy atom. The zero-order valence-corrected chi connectivity index (χ0v) is 99.5. The molecule has 0 N–H and O–H groups in total. The molecule has 0 heterocycles. The molecule has 10 heteroatoms. The van der Waals surface area contributed by atoms with Crippen LogP contribution in [0.4, 0.5) is 0 Å². The van der Waals surface area contributed by atoms with Gasteiger partial charge in [0.2, 0.25) is 0 Å². The predicted molar refractivity (Wildman–Crippen MR) is 652 cm³/mol.